The summed E-state index contributed by atoms with van der Waals surface area (Å²) in [4.78, 5) is 22.5. The number of carbonyl (C=O) groups is 1. The third-order valence-electron chi connectivity index (χ3n) is 3.68. The number of ether oxygens (including phenoxy) is 2. The van der Waals surface area contributed by atoms with Crippen LogP contribution in [0.2, 0.25) is 0 Å². The zero-order chi connectivity index (χ0) is 19.2. The average Bonchev–Trinajstić information content (AvgIpc) is 2.59. The van der Waals surface area contributed by atoms with Gasteiger partial charge in [0.05, 0.1) is 12.0 Å². The Morgan fingerprint density at radius 3 is 2.50 bits per heavy atom. The summed E-state index contributed by atoms with van der Waals surface area (Å²) in [5, 5.41) is 13.8. The Morgan fingerprint density at radius 1 is 1.19 bits per heavy atom. The van der Waals surface area contributed by atoms with Crippen molar-refractivity contribution in [3.8, 4) is 11.5 Å². The van der Waals surface area contributed by atoms with Gasteiger partial charge in [-0.3, -0.25) is 14.9 Å². The van der Waals surface area contributed by atoms with Gasteiger partial charge in [0.25, 0.3) is 5.91 Å². The number of methoxy groups -OCH3 is 1. The highest BCUT2D eigenvalue weighted by molar-refractivity contribution is 5.78. The summed E-state index contributed by atoms with van der Waals surface area (Å²) in [6.45, 7) is 3.68. The summed E-state index contributed by atoms with van der Waals surface area (Å²) < 4.78 is 10.4. The SMILES string of the molecule is COc1cc(OCC(=O)NC(C)(C)Cc2ccccc2)ccc1[N+](=O)[O-]. The van der Waals surface area contributed by atoms with Crippen LogP contribution in [0.5, 0.6) is 11.5 Å². The molecule has 7 heteroatoms. The van der Waals surface area contributed by atoms with Gasteiger partial charge in [0, 0.05) is 17.7 Å². The van der Waals surface area contributed by atoms with E-state index >= 15 is 0 Å². The van der Waals surface area contributed by atoms with Crippen LogP contribution in [0.4, 0.5) is 5.69 Å². The number of rotatable bonds is 8. The third-order valence-corrected chi connectivity index (χ3v) is 3.68. The number of amides is 1. The monoisotopic (exact) mass is 358 g/mol. The van der Waals surface area contributed by atoms with Gasteiger partial charge in [-0.05, 0) is 31.9 Å². The summed E-state index contributed by atoms with van der Waals surface area (Å²) >= 11 is 0. The van der Waals surface area contributed by atoms with E-state index in [-0.39, 0.29) is 24.0 Å². The van der Waals surface area contributed by atoms with E-state index in [9.17, 15) is 14.9 Å². The topological polar surface area (TPSA) is 90.7 Å². The van der Waals surface area contributed by atoms with Gasteiger partial charge in [0.15, 0.2) is 6.61 Å². The van der Waals surface area contributed by atoms with Gasteiger partial charge < -0.3 is 14.8 Å². The van der Waals surface area contributed by atoms with E-state index in [2.05, 4.69) is 5.32 Å². The summed E-state index contributed by atoms with van der Waals surface area (Å²) in [5.41, 5.74) is 0.529. The van der Waals surface area contributed by atoms with E-state index < -0.39 is 10.5 Å². The van der Waals surface area contributed by atoms with Gasteiger partial charge in [-0.1, -0.05) is 30.3 Å². The summed E-state index contributed by atoms with van der Waals surface area (Å²) in [6.07, 6.45) is 0.685. The minimum atomic E-state index is -0.540. The number of benzene rings is 2. The van der Waals surface area contributed by atoms with Crippen LogP contribution in [0.1, 0.15) is 19.4 Å². The smallest absolute Gasteiger partial charge is 0.311 e. The van der Waals surface area contributed by atoms with E-state index in [4.69, 9.17) is 9.47 Å². The minimum Gasteiger partial charge on any atom is -0.490 e. The summed E-state index contributed by atoms with van der Waals surface area (Å²) in [7, 11) is 1.34. The molecule has 0 radical (unpaired) electrons. The summed E-state index contributed by atoms with van der Waals surface area (Å²) in [6, 6.07) is 14.0. The van der Waals surface area contributed by atoms with Crippen LogP contribution >= 0.6 is 0 Å². The molecule has 2 aromatic carbocycles. The second-order valence-electron chi connectivity index (χ2n) is 6.47. The Hall–Kier alpha value is -3.09. The molecule has 138 valence electrons. The molecule has 2 rings (SSSR count). The highest BCUT2D eigenvalue weighted by atomic mass is 16.6. The van der Waals surface area contributed by atoms with Crippen molar-refractivity contribution in [2.45, 2.75) is 25.8 Å². The number of nitrogens with one attached hydrogen (secondary N) is 1. The quantitative estimate of drug-likeness (QED) is 0.578. The molecular formula is C19H22N2O5. The van der Waals surface area contributed by atoms with Crippen molar-refractivity contribution in [2.24, 2.45) is 0 Å². The lowest BCUT2D eigenvalue weighted by Crippen LogP contribution is -2.47. The molecular weight excluding hydrogens is 336 g/mol. The van der Waals surface area contributed by atoms with Crippen molar-refractivity contribution < 1.29 is 19.2 Å². The Bertz CT molecular complexity index is 775. The molecule has 0 heterocycles. The fourth-order valence-electron chi connectivity index (χ4n) is 2.61. The number of nitrogens with zero attached hydrogens (tertiary/aromatic N) is 1. The van der Waals surface area contributed by atoms with E-state index in [0.717, 1.165) is 5.56 Å². The van der Waals surface area contributed by atoms with Gasteiger partial charge >= 0.3 is 5.69 Å². The molecule has 0 aliphatic carbocycles. The van der Waals surface area contributed by atoms with Gasteiger partial charge in [-0.25, -0.2) is 0 Å². The Morgan fingerprint density at radius 2 is 1.88 bits per heavy atom. The normalized spacial score (nSPS) is 10.9. The first-order valence-electron chi connectivity index (χ1n) is 8.11. The molecule has 26 heavy (non-hydrogen) atoms. The number of hydrogen-bond donors (Lipinski definition) is 1. The highest BCUT2D eigenvalue weighted by Gasteiger charge is 2.21. The maximum absolute atomic E-state index is 12.2. The second-order valence-corrected chi connectivity index (χ2v) is 6.47. The number of nitro groups is 1. The van der Waals surface area contributed by atoms with Gasteiger partial charge in [0.2, 0.25) is 5.75 Å². The van der Waals surface area contributed by atoms with Crippen LogP contribution in [0, 0.1) is 10.1 Å². The van der Waals surface area contributed by atoms with Crippen molar-refractivity contribution in [3.05, 3.63) is 64.2 Å². The Balaban J connectivity index is 1.93. The van der Waals surface area contributed by atoms with Crippen LogP contribution in [-0.2, 0) is 11.2 Å². The molecule has 0 saturated heterocycles. The van der Waals surface area contributed by atoms with Gasteiger partial charge in [0.1, 0.15) is 5.75 Å². The molecule has 0 saturated carbocycles. The lowest BCUT2D eigenvalue weighted by atomic mass is 9.95. The van der Waals surface area contributed by atoms with Crippen molar-refractivity contribution in [1.82, 2.24) is 5.32 Å². The highest BCUT2D eigenvalue weighted by Crippen LogP contribution is 2.30. The largest absolute Gasteiger partial charge is 0.490 e. The van der Waals surface area contributed by atoms with E-state index in [1.54, 1.807) is 0 Å². The molecule has 0 spiro atoms. The number of carbonyl (C=O) groups excluding carboxylic acids is 1. The fourth-order valence-corrected chi connectivity index (χ4v) is 2.61. The molecule has 7 nitrogen and oxygen atoms in total. The molecule has 0 aromatic heterocycles. The summed E-state index contributed by atoms with van der Waals surface area (Å²) in [5.74, 6) is 0.129. The lowest BCUT2D eigenvalue weighted by molar-refractivity contribution is -0.385. The predicted molar refractivity (Wildman–Crippen MR) is 97.5 cm³/mol. The van der Waals surface area contributed by atoms with Crippen molar-refractivity contribution in [1.29, 1.82) is 0 Å². The maximum Gasteiger partial charge on any atom is 0.311 e. The van der Waals surface area contributed by atoms with Crippen LogP contribution in [0.15, 0.2) is 48.5 Å². The Kier molecular flexibility index (Phi) is 6.16. The van der Waals surface area contributed by atoms with E-state index in [1.165, 1.54) is 25.3 Å². The first-order chi connectivity index (χ1) is 12.3. The van der Waals surface area contributed by atoms with E-state index in [0.29, 0.717) is 12.2 Å². The van der Waals surface area contributed by atoms with Crippen LogP contribution in [0.3, 0.4) is 0 Å². The fraction of sp³-hybridized carbons (Fsp3) is 0.316. The molecule has 0 atom stereocenters. The number of hydrogen-bond acceptors (Lipinski definition) is 5. The van der Waals surface area contributed by atoms with Crippen LogP contribution in [0.25, 0.3) is 0 Å². The van der Waals surface area contributed by atoms with E-state index in [1.807, 2.05) is 44.2 Å². The zero-order valence-corrected chi connectivity index (χ0v) is 15.0. The average molecular weight is 358 g/mol. The molecule has 0 aliphatic heterocycles. The zero-order valence-electron chi connectivity index (χ0n) is 15.0. The van der Waals surface area contributed by atoms with Crippen molar-refractivity contribution in [2.75, 3.05) is 13.7 Å². The van der Waals surface area contributed by atoms with Crippen LogP contribution < -0.4 is 14.8 Å². The molecule has 1 amide bonds. The lowest BCUT2D eigenvalue weighted by Gasteiger charge is -2.26. The molecule has 0 fully saturated rings. The second kappa shape index (κ2) is 8.33. The predicted octanol–water partition coefficient (Wildman–Crippen LogP) is 3.12. The van der Waals surface area contributed by atoms with Crippen LogP contribution in [-0.4, -0.2) is 30.1 Å². The first kappa shape index (κ1) is 19.2. The van der Waals surface area contributed by atoms with Gasteiger partial charge in [-0.2, -0.15) is 0 Å². The standard InChI is InChI=1S/C19H22N2O5/c1-19(2,12-14-7-5-4-6-8-14)20-18(22)13-26-15-9-10-16(21(23)24)17(11-15)25-3/h4-11H,12-13H2,1-3H3,(H,20,22). The first-order valence-corrected chi connectivity index (χ1v) is 8.11. The molecule has 0 bridgehead atoms. The number of nitro benzene ring substituents is 1. The third kappa shape index (κ3) is 5.47. The molecule has 0 unspecified atom stereocenters. The Labute approximate surface area is 152 Å². The maximum atomic E-state index is 12.2. The van der Waals surface area contributed by atoms with Crippen molar-refractivity contribution >= 4 is 11.6 Å². The molecule has 2 aromatic rings. The van der Waals surface area contributed by atoms with Gasteiger partial charge in [-0.15, -0.1) is 0 Å². The van der Waals surface area contributed by atoms with Crippen molar-refractivity contribution in [3.63, 3.8) is 0 Å². The molecule has 1 N–H and O–H groups in total. The molecule has 0 aliphatic rings. The minimum absolute atomic E-state index is 0.0808.